The zero-order valence-corrected chi connectivity index (χ0v) is 13.4. The molecule has 1 aromatic heterocycles. The maximum atomic E-state index is 11.4. The lowest BCUT2D eigenvalue weighted by molar-refractivity contribution is 0.307. The number of aryl methyl sites for hydroxylation is 1. The van der Waals surface area contributed by atoms with Crippen molar-refractivity contribution >= 4 is 11.1 Å². The van der Waals surface area contributed by atoms with Gasteiger partial charge in [-0.15, -0.1) is 0 Å². The van der Waals surface area contributed by atoms with Crippen molar-refractivity contribution in [1.29, 1.82) is 0 Å². The SMILES string of the molecule is CC(=C1c2ccccc2COc2cccc(C)c21)c1noc(=O)[nH]1. The molecule has 0 amide bonds. The number of ether oxygens (including phenoxy) is 1. The van der Waals surface area contributed by atoms with Gasteiger partial charge in [-0.25, -0.2) is 4.79 Å². The molecule has 5 heteroatoms. The first-order chi connectivity index (χ1) is 11.6. The fourth-order valence-corrected chi connectivity index (χ4v) is 3.16. The van der Waals surface area contributed by atoms with Gasteiger partial charge in [0.25, 0.3) is 0 Å². The Kier molecular flexibility index (Phi) is 3.34. The van der Waals surface area contributed by atoms with Gasteiger partial charge in [-0.2, -0.15) is 0 Å². The van der Waals surface area contributed by atoms with E-state index in [1.54, 1.807) is 0 Å². The highest BCUT2D eigenvalue weighted by molar-refractivity contribution is 6.00. The van der Waals surface area contributed by atoms with Crippen molar-refractivity contribution in [3.63, 3.8) is 0 Å². The average molecular weight is 320 g/mol. The number of aromatic nitrogens is 2. The van der Waals surface area contributed by atoms with E-state index in [9.17, 15) is 4.79 Å². The molecule has 0 atom stereocenters. The molecule has 5 nitrogen and oxygen atoms in total. The number of nitrogens with zero attached hydrogens (tertiary/aromatic N) is 1. The monoisotopic (exact) mass is 320 g/mol. The number of allylic oxidation sites excluding steroid dienone is 1. The lowest BCUT2D eigenvalue weighted by atomic mass is 9.88. The summed E-state index contributed by atoms with van der Waals surface area (Å²) in [6.07, 6.45) is 0. The van der Waals surface area contributed by atoms with E-state index in [2.05, 4.69) is 39.8 Å². The molecule has 0 radical (unpaired) electrons. The van der Waals surface area contributed by atoms with Crippen LogP contribution in [0, 0.1) is 6.92 Å². The summed E-state index contributed by atoms with van der Waals surface area (Å²) in [6.45, 7) is 4.48. The molecule has 0 bridgehead atoms. The van der Waals surface area contributed by atoms with Gasteiger partial charge < -0.3 is 4.74 Å². The van der Waals surface area contributed by atoms with Crippen LogP contribution in [0.25, 0.3) is 11.1 Å². The van der Waals surface area contributed by atoms with E-state index in [1.807, 2.05) is 31.2 Å². The van der Waals surface area contributed by atoms with Crippen LogP contribution in [-0.4, -0.2) is 10.1 Å². The van der Waals surface area contributed by atoms with Crippen LogP contribution in [0.4, 0.5) is 0 Å². The van der Waals surface area contributed by atoms with Crippen LogP contribution in [0.1, 0.15) is 35.0 Å². The molecule has 0 saturated heterocycles. The molecular formula is C19H16N2O3. The van der Waals surface area contributed by atoms with Crippen molar-refractivity contribution in [2.45, 2.75) is 20.5 Å². The molecule has 2 aromatic carbocycles. The van der Waals surface area contributed by atoms with Gasteiger partial charge in [-0.1, -0.05) is 41.6 Å². The van der Waals surface area contributed by atoms with Crippen LogP contribution in [0.15, 0.2) is 51.8 Å². The number of fused-ring (bicyclic) bond motifs is 2. The third kappa shape index (κ3) is 2.25. The maximum absolute atomic E-state index is 11.4. The topological polar surface area (TPSA) is 68.1 Å². The number of rotatable bonds is 1. The van der Waals surface area contributed by atoms with Crippen LogP contribution >= 0.6 is 0 Å². The Bertz CT molecular complexity index is 1010. The predicted octanol–water partition coefficient (Wildman–Crippen LogP) is 3.54. The molecule has 2 heterocycles. The van der Waals surface area contributed by atoms with Gasteiger partial charge in [0, 0.05) is 11.1 Å². The van der Waals surface area contributed by atoms with Gasteiger partial charge in [0.1, 0.15) is 12.4 Å². The Balaban J connectivity index is 2.10. The third-order valence-electron chi connectivity index (χ3n) is 4.32. The lowest BCUT2D eigenvalue weighted by Gasteiger charge is -2.15. The number of hydrogen-bond donors (Lipinski definition) is 1. The first kappa shape index (κ1) is 14.5. The standard InChI is InChI=1S/C19H16N2O3/c1-11-6-5-9-15-16(11)17(12(2)18-20-19(22)24-21-18)14-8-4-3-7-13(14)10-23-15/h3-9H,10H2,1-2H3,(H,20,21,22). The second-order valence-corrected chi connectivity index (χ2v) is 5.84. The molecule has 0 fully saturated rings. The van der Waals surface area contributed by atoms with Crippen molar-refractivity contribution in [3.05, 3.63) is 81.1 Å². The van der Waals surface area contributed by atoms with Crippen molar-refractivity contribution in [1.82, 2.24) is 10.1 Å². The van der Waals surface area contributed by atoms with E-state index < -0.39 is 5.76 Å². The number of H-pyrrole nitrogens is 1. The Morgan fingerprint density at radius 2 is 2.00 bits per heavy atom. The maximum Gasteiger partial charge on any atom is 0.439 e. The van der Waals surface area contributed by atoms with Crippen LogP contribution in [0.5, 0.6) is 5.75 Å². The van der Waals surface area contributed by atoms with Gasteiger partial charge in [-0.3, -0.25) is 9.51 Å². The summed E-state index contributed by atoms with van der Waals surface area (Å²) in [4.78, 5) is 14.0. The van der Waals surface area contributed by atoms with Crippen LogP contribution in [-0.2, 0) is 6.61 Å². The molecule has 3 aromatic rings. The molecule has 0 aliphatic carbocycles. The fourth-order valence-electron chi connectivity index (χ4n) is 3.16. The Morgan fingerprint density at radius 3 is 2.79 bits per heavy atom. The molecule has 0 unspecified atom stereocenters. The predicted molar refractivity (Wildman–Crippen MR) is 90.7 cm³/mol. The largest absolute Gasteiger partial charge is 0.488 e. The molecule has 0 saturated carbocycles. The van der Waals surface area contributed by atoms with E-state index in [-0.39, 0.29) is 0 Å². The number of benzene rings is 2. The number of nitrogens with one attached hydrogen (secondary N) is 1. The molecule has 24 heavy (non-hydrogen) atoms. The van der Waals surface area contributed by atoms with E-state index in [0.717, 1.165) is 39.1 Å². The minimum atomic E-state index is -0.562. The molecule has 120 valence electrons. The summed E-state index contributed by atoms with van der Waals surface area (Å²) in [5, 5.41) is 3.86. The summed E-state index contributed by atoms with van der Waals surface area (Å²) in [6, 6.07) is 14.1. The second kappa shape index (κ2) is 5.53. The summed E-state index contributed by atoms with van der Waals surface area (Å²) in [5.74, 6) is 0.695. The van der Waals surface area contributed by atoms with Gasteiger partial charge in [-0.05, 0) is 42.2 Å². The van der Waals surface area contributed by atoms with E-state index in [4.69, 9.17) is 4.74 Å². The summed E-state index contributed by atoms with van der Waals surface area (Å²) in [5.41, 5.74) is 6.13. The third-order valence-corrected chi connectivity index (χ3v) is 4.32. The number of hydrogen-bond acceptors (Lipinski definition) is 4. The molecule has 1 aliphatic rings. The highest BCUT2D eigenvalue weighted by Gasteiger charge is 2.24. The van der Waals surface area contributed by atoms with Gasteiger partial charge in [0.15, 0.2) is 5.82 Å². The molecule has 4 rings (SSSR count). The first-order valence-electron chi connectivity index (χ1n) is 7.73. The van der Waals surface area contributed by atoms with Crippen molar-refractivity contribution < 1.29 is 9.26 Å². The fraction of sp³-hybridized carbons (Fsp3) is 0.158. The van der Waals surface area contributed by atoms with Crippen LogP contribution in [0.3, 0.4) is 0 Å². The van der Waals surface area contributed by atoms with Crippen LogP contribution < -0.4 is 10.5 Å². The van der Waals surface area contributed by atoms with Crippen molar-refractivity contribution in [2.24, 2.45) is 0 Å². The highest BCUT2D eigenvalue weighted by atomic mass is 16.5. The molecular weight excluding hydrogens is 304 g/mol. The Morgan fingerprint density at radius 1 is 1.17 bits per heavy atom. The average Bonchev–Trinajstić information content (AvgIpc) is 2.94. The molecule has 0 spiro atoms. The molecule has 1 aliphatic heterocycles. The normalized spacial score (nSPS) is 15.1. The highest BCUT2D eigenvalue weighted by Crippen LogP contribution is 2.41. The smallest absolute Gasteiger partial charge is 0.439 e. The van der Waals surface area contributed by atoms with Crippen molar-refractivity contribution in [3.8, 4) is 5.75 Å². The zero-order chi connectivity index (χ0) is 16.7. The number of aromatic amines is 1. The van der Waals surface area contributed by atoms with E-state index >= 15 is 0 Å². The summed E-state index contributed by atoms with van der Waals surface area (Å²) >= 11 is 0. The second-order valence-electron chi connectivity index (χ2n) is 5.84. The van der Waals surface area contributed by atoms with E-state index in [0.29, 0.717) is 12.4 Å². The minimum absolute atomic E-state index is 0.431. The zero-order valence-electron chi connectivity index (χ0n) is 13.4. The summed E-state index contributed by atoms with van der Waals surface area (Å²) < 4.78 is 10.7. The minimum Gasteiger partial charge on any atom is -0.488 e. The molecule has 1 N–H and O–H groups in total. The van der Waals surface area contributed by atoms with Crippen molar-refractivity contribution in [2.75, 3.05) is 0 Å². The van der Waals surface area contributed by atoms with E-state index in [1.165, 1.54) is 0 Å². The Labute approximate surface area is 138 Å². The summed E-state index contributed by atoms with van der Waals surface area (Å²) in [7, 11) is 0. The van der Waals surface area contributed by atoms with Gasteiger partial charge >= 0.3 is 5.76 Å². The van der Waals surface area contributed by atoms with Gasteiger partial charge in [0.2, 0.25) is 0 Å². The van der Waals surface area contributed by atoms with Crippen LogP contribution in [0.2, 0.25) is 0 Å². The quantitative estimate of drug-likeness (QED) is 0.744. The lowest BCUT2D eigenvalue weighted by Crippen LogP contribution is -2.00. The Hall–Kier alpha value is -3.08. The van der Waals surface area contributed by atoms with Gasteiger partial charge in [0.05, 0.1) is 0 Å². The first-order valence-corrected chi connectivity index (χ1v) is 7.73.